The lowest BCUT2D eigenvalue weighted by Crippen LogP contribution is -3.06. The fourth-order valence-corrected chi connectivity index (χ4v) is 3.82. The summed E-state index contributed by atoms with van der Waals surface area (Å²) in [7, 11) is 3.69. The summed E-state index contributed by atoms with van der Waals surface area (Å²) >= 11 is 7.56. The number of hydrogen-bond acceptors (Lipinski definition) is 4. The van der Waals surface area contributed by atoms with E-state index in [0.29, 0.717) is 11.3 Å². The number of rotatable bonds is 5. The lowest BCUT2D eigenvalue weighted by Gasteiger charge is -2.14. The number of quaternary nitrogens is 1. The van der Waals surface area contributed by atoms with Gasteiger partial charge in [0, 0.05) is 23.1 Å². The normalized spacial score (nSPS) is 12.5. The van der Waals surface area contributed by atoms with Gasteiger partial charge in [0.25, 0.3) is 0 Å². The molecule has 0 amide bonds. The van der Waals surface area contributed by atoms with Gasteiger partial charge in [-0.1, -0.05) is 11.6 Å². The number of nitrogens with one attached hydrogen (secondary N) is 1. The van der Waals surface area contributed by atoms with E-state index in [4.69, 9.17) is 20.8 Å². The molecule has 1 unspecified atom stereocenters. The van der Waals surface area contributed by atoms with Crippen LogP contribution in [0, 0.1) is 0 Å². The van der Waals surface area contributed by atoms with Crippen LogP contribution >= 0.6 is 22.9 Å². The minimum absolute atomic E-state index is 0.340. The van der Waals surface area contributed by atoms with Crippen molar-refractivity contribution in [2.45, 2.75) is 13.1 Å². The Labute approximate surface area is 142 Å². The maximum Gasteiger partial charge on any atom is 0.336 e. The van der Waals surface area contributed by atoms with E-state index in [0.717, 1.165) is 28.4 Å². The molecule has 1 aromatic carbocycles. The predicted octanol–water partition coefficient (Wildman–Crippen LogP) is 2.73. The number of benzene rings is 1. The van der Waals surface area contributed by atoms with E-state index in [1.807, 2.05) is 24.3 Å². The lowest BCUT2D eigenvalue weighted by atomic mass is 10.1. The molecular formula is C17H17ClNO3S+. The van der Waals surface area contributed by atoms with Gasteiger partial charge in [0.15, 0.2) is 0 Å². The third-order valence-electron chi connectivity index (χ3n) is 3.63. The highest BCUT2D eigenvalue weighted by molar-refractivity contribution is 7.16. The Morgan fingerprint density at radius 2 is 2.04 bits per heavy atom. The smallest absolute Gasteiger partial charge is 0.336 e. The maximum absolute atomic E-state index is 11.8. The zero-order valence-corrected chi connectivity index (χ0v) is 14.5. The van der Waals surface area contributed by atoms with E-state index in [-0.39, 0.29) is 5.63 Å². The molecule has 0 saturated carbocycles. The van der Waals surface area contributed by atoms with Gasteiger partial charge < -0.3 is 14.1 Å². The van der Waals surface area contributed by atoms with Crippen LogP contribution in [0.15, 0.2) is 45.6 Å². The van der Waals surface area contributed by atoms with Crippen LogP contribution in [0.1, 0.15) is 10.4 Å². The quantitative estimate of drug-likeness (QED) is 0.720. The molecule has 0 aliphatic rings. The fraction of sp³-hybridized carbons (Fsp3) is 0.235. The van der Waals surface area contributed by atoms with Crippen LogP contribution in [0.4, 0.5) is 0 Å². The molecule has 0 aliphatic carbocycles. The molecule has 1 N–H and O–H groups in total. The van der Waals surface area contributed by atoms with E-state index in [9.17, 15) is 4.79 Å². The first-order chi connectivity index (χ1) is 11.0. The number of thiophene rings is 1. The first-order valence-corrected chi connectivity index (χ1v) is 8.41. The Balaban J connectivity index is 1.88. The Kier molecular flexibility index (Phi) is 4.71. The van der Waals surface area contributed by atoms with Crippen molar-refractivity contribution in [1.29, 1.82) is 0 Å². The molecule has 120 valence electrons. The summed E-state index contributed by atoms with van der Waals surface area (Å²) in [5.41, 5.74) is 1.19. The first kappa shape index (κ1) is 16.1. The van der Waals surface area contributed by atoms with Crippen molar-refractivity contribution in [2.75, 3.05) is 14.2 Å². The number of methoxy groups -OCH3 is 1. The molecule has 0 saturated heterocycles. The van der Waals surface area contributed by atoms with Gasteiger partial charge >= 0.3 is 5.63 Å². The molecule has 2 aromatic heterocycles. The molecule has 3 rings (SSSR count). The molecule has 2 heterocycles. The largest absolute Gasteiger partial charge is 0.497 e. The molecule has 6 heteroatoms. The number of hydrogen-bond donors (Lipinski definition) is 1. The van der Waals surface area contributed by atoms with Crippen molar-refractivity contribution in [2.24, 2.45) is 0 Å². The van der Waals surface area contributed by atoms with Crippen LogP contribution in [0.5, 0.6) is 5.75 Å². The van der Waals surface area contributed by atoms with Gasteiger partial charge in [0.2, 0.25) is 0 Å². The van der Waals surface area contributed by atoms with Crippen molar-refractivity contribution in [3.63, 3.8) is 0 Å². The Bertz CT molecular complexity index is 887. The molecule has 1 atom stereocenters. The van der Waals surface area contributed by atoms with Gasteiger partial charge in [-0.25, -0.2) is 4.79 Å². The number of halogens is 1. The van der Waals surface area contributed by atoms with E-state index < -0.39 is 0 Å². The Morgan fingerprint density at radius 1 is 1.22 bits per heavy atom. The van der Waals surface area contributed by atoms with Crippen LogP contribution < -0.4 is 15.3 Å². The van der Waals surface area contributed by atoms with Crippen molar-refractivity contribution in [3.8, 4) is 5.75 Å². The highest BCUT2D eigenvalue weighted by atomic mass is 35.5. The summed E-state index contributed by atoms with van der Waals surface area (Å²) in [5, 5.41) is 0.939. The highest BCUT2D eigenvalue weighted by Gasteiger charge is 2.12. The van der Waals surface area contributed by atoms with E-state index in [2.05, 4.69) is 7.05 Å². The van der Waals surface area contributed by atoms with Gasteiger partial charge in [-0.3, -0.25) is 0 Å². The summed E-state index contributed by atoms with van der Waals surface area (Å²) in [4.78, 5) is 14.3. The van der Waals surface area contributed by atoms with Crippen LogP contribution in [-0.4, -0.2) is 14.2 Å². The molecule has 0 aliphatic heterocycles. The SMILES string of the molecule is COc1ccc2c(C[NH+](C)Cc3ccc(Cl)s3)cc(=O)oc2c1. The topological polar surface area (TPSA) is 43.9 Å². The van der Waals surface area contributed by atoms with Crippen LogP contribution in [0.3, 0.4) is 0 Å². The Hall–Kier alpha value is -1.82. The van der Waals surface area contributed by atoms with Gasteiger partial charge in [-0.2, -0.15) is 0 Å². The average molecular weight is 351 g/mol. The summed E-state index contributed by atoms with van der Waals surface area (Å²) in [6.07, 6.45) is 0. The summed E-state index contributed by atoms with van der Waals surface area (Å²) in [6, 6.07) is 11.1. The maximum atomic E-state index is 11.8. The zero-order valence-electron chi connectivity index (χ0n) is 12.9. The number of fused-ring (bicyclic) bond motifs is 1. The molecule has 3 aromatic rings. The van der Waals surface area contributed by atoms with Crippen molar-refractivity contribution < 1.29 is 14.1 Å². The second-order valence-corrected chi connectivity index (χ2v) is 7.27. The molecular weight excluding hydrogens is 334 g/mol. The van der Waals surface area contributed by atoms with Crippen molar-refractivity contribution >= 4 is 33.9 Å². The zero-order chi connectivity index (χ0) is 16.4. The van der Waals surface area contributed by atoms with Crippen LogP contribution in [-0.2, 0) is 13.1 Å². The van der Waals surface area contributed by atoms with E-state index in [1.54, 1.807) is 30.6 Å². The minimum Gasteiger partial charge on any atom is -0.497 e. The second-order valence-electron chi connectivity index (χ2n) is 5.47. The van der Waals surface area contributed by atoms with Gasteiger partial charge in [0.1, 0.15) is 24.4 Å². The third-order valence-corrected chi connectivity index (χ3v) is 4.87. The second kappa shape index (κ2) is 6.74. The van der Waals surface area contributed by atoms with Crippen molar-refractivity contribution in [1.82, 2.24) is 0 Å². The summed E-state index contributed by atoms with van der Waals surface area (Å²) in [5.74, 6) is 0.673. The predicted molar refractivity (Wildman–Crippen MR) is 92.7 cm³/mol. The molecule has 0 bridgehead atoms. The summed E-state index contributed by atoms with van der Waals surface area (Å²) in [6.45, 7) is 1.58. The fourth-order valence-electron chi connectivity index (χ4n) is 2.62. The standard InChI is InChI=1S/C17H16ClNO3S/c1-19(10-13-4-6-16(18)23-13)9-11-7-17(20)22-15-8-12(21-2)3-5-14(11)15/h3-8H,9-10H2,1-2H3/p+1. The average Bonchev–Trinajstić information content (AvgIpc) is 2.91. The third kappa shape index (κ3) is 3.75. The van der Waals surface area contributed by atoms with E-state index in [1.165, 1.54) is 9.78 Å². The first-order valence-electron chi connectivity index (χ1n) is 7.21. The van der Waals surface area contributed by atoms with E-state index >= 15 is 0 Å². The van der Waals surface area contributed by atoms with Gasteiger partial charge in [-0.15, -0.1) is 11.3 Å². The van der Waals surface area contributed by atoms with Crippen LogP contribution in [0.2, 0.25) is 4.34 Å². The minimum atomic E-state index is -0.340. The summed E-state index contributed by atoms with van der Waals surface area (Å²) < 4.78 is 11.3. The van der Waals surface area contributed by atoms with Crippen LogP contribution in [0.25, 0.3) is 11.0 Å². The molecule has 0 radical (unpaired) electrons. The van der Waals surface area contributed by atoms with Crippen molar-refractivity contribution in [3.05, 3.63) is 61.6 Å². The van der Waals surface area contributed by atoms with Gasteiger partial charge in [-0.05, 0) is 24.3 Å². The molecule has 0 spiro atoms. The lowest BCUT2D eigenvalue weighted by molar-refractivity contribution is -0.907. The molecule has 0 fully saturated rings. The monoisotopic (exact) mass is 350 g/mol. The Morgan fingerprint density at radius 3 is 2.74 bits per heavy atom. The van der Waals surface area contributed by atoms with Gasteiger partial charge in [0.05, 0.1) is 23.4 Å². The molecule has 4 nitrogen and oxygen atoms in total. The highest BCUT2D eigenvalue weighted by Crippen LogP contribution is 2.23. The molecule has 23 heavy (non-hydrogen) atoms. The number of ether oxygens (including phenoxy) is 1.